The van der Waals surface area contributed by atoms with Crippen LogP contribution >= 0.6 is 23.2 Å². The second kappa shape index (κ2) is 6.04. The number of carbonyl (C=O) groups is 1. The van der Waals surface area contributed by atoms with Crippen LogP contribution in [0.3, 0.4) is 0 Å². The van der Waals surface area contributed by atoms with Gasteiger partial charge in [0.25, 0.3) is 0 Å². The summed E-state index contributed by atoms with van der Waals surface area (Å²) in [6.07, 6.45) is 3.61. The molecule has 0 saturated carbocycles. The summed E-state index contributed by atoms with van der Waals surface area (Å²) in [4.78, 5) is 15.4. The summed E-state index contributed by atoms with van der Waals surface area (Å²) in [5.74, 6) is -1.66. The Kier molecular flexibility index (Phi) is 4.40. The van der Waals surface area contributed by atoms with E-state index in [-0.39, 0.29) is 0 Å². The monoisotopic (exact) mass is 295 g/mol. The van der Waals surface area contributed by atoms with Crippen molar-refractivity contribution in [3.8, 4) is 0 Å². The normalized spacial score (nSPS) is 12.1. The van der Waals surface area contributed by atoms with Crippen molar-refractivity contribution < 1.29 is 9.90 Å². The molecule has 0 fully saturated rings. The maximum absolute atomic E-state index is 11.5. The predicted octanol–water partition coefficient (Wildman–Crippen LogP) is 3.80. The van der Waals surface area contributed by atoms with Crippen LogP contribution in [0.25, 0.3) is 0 Å². The van der Waals surface area contributed by atoms with Gasteiger partial charge in [-0.25, -0.2) is 0 Å². The van der Waals surface area contributed by atoms with Gasteiger partial charge in [0.2, 0.25) is 0 Å². The van der Waals surface area contributed by atoms with Crippen LogP contribution in [0.15, 0.2) is 42.7 Å². The minimum absolute atomic E-state index is 0.345. The van der Waals surface area contributed by atoms with E-state index in [1.807, 2.05) is 0 Å². The number of aliphatic carboxylic acids is 1. The number of pyridine rings is 1. The summed E-state index contributed by atoms with van der Waals surface area (Å²) in [7, 11) is 0. The van der Waals surface area contributed by atoms with Gasteiger partial charge in [-0.3, -0.25) is 9.78 Å². The molecule has 1 N–H and O–H groups in total. The van der Waals surface area contributed by atoms with Crippen molar-refractivity contribution in [3.63, 3.8) is 0 Å². The van der Waals surface area contributed by atoms with Gasteiger partial charge >= 0.3 is 5.97 Å². The highest BCUT2D eigenvalue weighted by atomic mass is 35.5. The lowest BCUT2D eigenvalue weighted by Gasteiger charge is -2.14. The molecule has 1 aromatic heterocycles. The molecule has 0 saturated heterocycles. The molecule has 0 aliphatic carbocycles. The summed E-state index contributed by atoms with van der Waals surface area (Å²) in [6.45, 7) is 0. The van der Waals surface area contributed by atoms with E-state index >= 15 is 0 Å². The first kappa shape index (κ1) is 13.8. The van der Waals surface area contributed by atoms with E-state index in [4.69, 9.17) is 23.2 Å². The zero-order valence-corrected chi connectivity index (χ0v) is 11.4. The number of benzene rings is 1. The average molecular weight is 296 g/mol. The number of halogens is 2. The van der Waals surface area contributed by atoms with Gasteiger partial charge in [-0.1, -0.05) is 23.2 Å². The summed E-state index contributed by atoms with van der Waals surface area (Å²) in [5.41, 5.74) is 1.41. The van der Waals surface area contributed by atoms with Crippen molar-refractivity contribution >= 4 is 29.2 Å². The molecule has 0 amide bonds. The summed E-state index contributed by atoms with van der Waals surface area (Å²) in [5, 5.41) is 10.3. The lowest BCUT2D eigenvalue weighted by atomic mass is 9.92. The molecule has 5 heteroatoms. The smallest absolute Gasteiger partial charge is 0.311 e. The Morgan fingerprint density at radius 2 is 1.89 bits per heavy atom. The Morgan fingerprint density at radius 3 is 2.53 bits per heavy atom. The summed E-state index contributed by atoms with van der Waals surface area (Å²) >= 11 is 12.0. The van der Waals surface area contributed by atoms with E-state index in [9.17, 15) is 9.90 Å². The second-order valence-corrected chi connectivity index (χ2v) is 4.96. The Morgan fingerprint density at radius 1 is 1.21 bits per heavy atom. The largest absolute Gasteiger partial charge is 0.481 e. The lowest BCUT2D eigenvalue weighted by molar-refractivity contribution is -0.138. The van der Waals surface area contributed by atoms with Crippen LogP contribution in [0.2, 0.25) is 10.0 Å². The van der Waals surface area contributed by atoms with Crippen LogP contribution in [0, 0.1) is 0 Å². The number of rotatable bonds is 4. The zero-order valence-electron chi connectivity index (χ0n) is 9.88. The molecule has 3 nitrogen and oxygen atoms in total. The van der Waals surface area contributed by atoms with Crippen molar-refractivity contribution in [1.29, 1.82) is 0 Å². The Labute approximate surface area is 120 Å². The van der Waals surface area contributed by atoms with E-state index in [1.165, 1.54) is 0 Å². The molecule has 1 aromatic carbocycles. The Hall–Kier alpha value is -1.58. The fourth-order valence-corrected chi connectivity index (χ4v) is 2.30. The molecule has 2 aromatic rings. The first-order chi connectivity index (χ1) is 9.08. The maximum atomic E-state index is 11.5. The molecular formula is C14H11Cl2NO2. The quantitative estimate of drug-likeness (QED) is 0.933. The third-order valence-corrected chi connectivity index (χ3v) is 3.40. The molecule has 19 heavy (non-hydrogen) atoms. The number of hydrogen-bond acceptors (Lipinski definition) is 2. The number of hydrogen-bond donors (Lipinski definition) is 1. The molecule has 98 valence electrons. The molecule has 1 heterocycles. The molecule has 0 aliphatic heterocycles. The Balaban J connectivity index is 2.35. The van der Waals surface area contributed by atoms with Crippen molar-refractivity contribution in [1.82, 2.24) is 4.98 Å². The third kappa shape index (κ3) is 3.46. The van der Waals surface area contributed by atoms with E-state index in [0.29, 0.717) is 22.0 Å². The van der Waals surface area contributed by atoms with Crippen LogP contribution < -0.4 is 0 Å². The SMILES string of the molecule is O=C(O)C(Cc1ccncc1)c1cc(Cl)ccc1Cl. The average Bonchev–Trinajstić information content (AvgIpc) is 2.40. The molecule has 0 radical (unpaired) electrons. The molecule has 0 bridgehead atoms. The van der Waals surface area contributed by atoms with Crippen LogP contribution in [0.1, 0.15) is 17.0 Å². The van der Waals surface area contributed by atoms with Crippen molar-refractivity contribution in [2.45, 2.75) is 12.3 Å². The first-order valence-electron chi connectivity index (χ1n) is 5.64. The molecule has 0 aliphatic rings. The highest BCUT2D eigenvalue weighted by Gasteiger charge is 2.23. The van der Waals surface area contributed by atoms with Gasteiger partial charge in [-0.05, 0) is 47.9 Å². The van der Waals surface area contributed by atoms with Crippen LogP contribution in [-0.2, 0) is 11.2 Å². The first-order valence-corrected chi connectivity index (χ1v) is 6.40. The number of carboxylic acids is 1. The molecular weight excluding hydrogens is 285 g/mol. The van der Waals surface area contributed by atoms with E-state index in [1.54, 1.807) is 42.7 Å². The van der Waals surface area contributed by atoms with Crippen LogP contribution in [0.4, 0.5) is 0 Å². The second-order valence-electron chi connectivity index (χ2n) is 4.12. The molecule has 2 rings (SSSR count). The fraction of sp³-hybridized carbons (Fsp3) is 0.143. The van der Waals surface area contributed by atoms with Gasteiger partial charge in [0, 0.05) is 22.4 Å². The molecule has 1 atom stereocenters. The number of aromatic nitrogens is 1. The van der Waals surface area contributed by atoms with Crippen LogP contribution in [0.5, 0.6) is 0 Å². The van der Waals surface area contributed by atoms with Crippen molar-refractivity contribution in [3.05, 3.63) is 63.9 Å². The fourth-order valence-electron chi connectivity index (χ4n) is 1.87. The lowest BCUT2D eigenvalue weighted by Crippen LogP contribution is -2.15. The van der Waals surface area contributed by atoms with E-state index < -0.39 is 11.9 Å². The summed E-state index contributed by atoms with van der Waals surface area (Å²) in [6, 6.07) is 8.42. The topological polar surface area (TPSA) is 50.2 Å². The van der Waals surface area contributed by atoms with Crippen molar-refractivity contribution in [2.75, 3.05) is 0 Å². The third-order valence-electron chi connectivity index (χ3n) is 2.82. The van der Waals surface area contributed by atoms with E-state index in [2.05, 4.69) is 4.98 Å². The maximum Gasteiger partial charge on any atom is 0.311 e. The van der Waals surface area contributed by atoms with Gasteiger partial charge < -0.3 is 5.11 Å². The minimum atomic E-state index is -0.930. The molecule has 0 spiro atoms. The van der Waals surface area contributed by atoms with Crippen LogP contribution in [-0.4, -0.2) is 16.1 Å². The number of carboxylic acid groups (broad SMARTS) is 1. The van der Waals surface area contributed by atoms with Gasteiger partial charge in [-0.2, -0.15) is 0 Å². The summed E-state index contributed by atoms with van der Waals surface area (Å²) < 4.78 is 0. The van der Waals surface area contributed by atoms with E-state index in [0.717, 1.165) is 5.56 Å². The van der Waals surface area contributed by atoms with Gasteiger partial charge in [0.1, 0.15) is 0 Å². The molecule has 1 unspecified atom stereocenters. The minimum Gasteiger partial charge on any atom is -0.481 e. The van der Waals surface area contributed by atoms with Gasteiger partial charge in [-0.15, -0.1) is 0 Å². The highest BCUT2D eigenvalue weighted by molar-refractivity contribution is 6.33. The standard InChI is InChI=1S/C14H11Cl2NO2/c15-10-1-2-13(16)11(8-10)12(14(18)19)7-9-3-5-17-6-4-9/h1-6,8,12H,7H2,(H,18,19). The number of nitrogens with zero attached hydrogens (tertiary/aromatic N) is 1. The predicted molar refractivity (Wildman–Crippen MR) is 74.8 cm³/mol. The van der Waals surface area contributed by atoms with Gasteiger partial charge in [0.05, 0.1) is 5.92 Å². The Bertz CT molecular complexity index is 587. The van der Waals surface area contributed by atoms with Gasteiger partial charge in [0.15, 0.2) is 0 Å². The highest BCUT2D eigenvalue weighted by Crippen LogP contribution is 2.30. The zero-order chi connectivity index (χ0) is 13.8. The van der Waals surface area contributed by atoms with Crippen molar-refractivity contribution in [2.24, 2.45) is 0 Å².